The zero-order valence-electron chi connectivity index (χ0n) is 12.5. The summed E-state index contributed by atoms with van der Waals surface area (Å²) >= 11 is 2.08. The first-order valence-electron chi connectivity index (χ1n) is 6.21. The van der Waals surface area contributed by atoms with Gasteiger partial charge in [-0.05, 0) is 46.4 Å². The Labute approximate surface area is 143 Å². The summed E-state index contributed by atoms with van der Waals surface area (Å²) < 4.78 is 11.5. The van der Waals surface area contributed by atoms with Gasteiger partial charge in [0.1, 0.15) is 18.2 Å². The number of nitrogens with zero attached hydrogens (tertiary/aromatic N) is 2. The molecule has 0 bridgehead atoms. The molecule has 0 heterocycles. The van der Waals surface area contributed by atoms with Gasteiger partial charge < -0.3 is 14.4 Å². The molecule has 0 aliphatic heterocycles. The van der Waals surface area contributed by atoms with Crippen molar-refractivity contribution < 1.29 is 14.3 Å². The minimum absolute atomic E-state index is 0.0418. The topological polar surface area (TPSA) is 62.6 Å². The Kier molecular flexibility index (Phi) is 6.74. The Morgan fingerprint density at radius 1 is 1.50 bits per heavy atom. The van der Waals surface area contributed by atoms with Crippen molar-refractivity contribution in [1.29, 1.82) is 5.26 Å². The van der Waals surface area contributed by atoms with Gasteiger partial charge in [0.25, 0.3) is 5.91 Å². The van der Waals surface area contributed by atoms with Crippen molar-refractivity contribution in [3.05, 3.63) is 26.8 Å². The standard InChI is InChI=1S/C16H15IN2O3/c1-5-6-22-15-13(17)8-11(9-14(15)21-4)7-12(10-18)16(20)19(2)3/h1,7-9H,6H2,2-4H3/b12-7-. The van der Waals surface area contributed by atoms with E-state index in [1.54, 1.807) is 26.2 Å². The molecule has 0 spiro atoms. The van der Waals surface area contributed by atoms with Crippen molar-refractivity contribution in [2.24, 2.45) is 0 Å². The number of methoxy groups -OCH3 is 1. The van der Waals surface area contributed by atoms with E-state index in [0.29, 0.717) is 17.1 Å². The number of rotatable bonds is 5. The zero-order valence-corrected chi connectivity index (χ0v) is 14.7. The summed E-state index contributed by atoms with van der Waals surface area (Å²) in [5.74, 6) is 3.06. The molecule has 1 amide bonds. The van der Waals surface area contributed by atoms with Gasteiger partial charge in [-0.1, -0.05) is 5.92 Å². The van der Waals surface area contributed by atoms with Gasteiger partial charge in [-0.3, -0.25) is 4.79 Å². The number of nitriles is 1. The Balaban J connectivity index is 3.28. The van der Waals surface area contributed by atoms with Gasteiger partial charge in [-0.2, -0.15) is 5.26 Å². The summed E-state index contributed by atoms with van der Waals surface area (Å²) in [6.45, 7) is 0.129. The van der Waals surface area contributed by atoms with Crippen LogP contribution in [0.1, 0.15) is 5.56 Å². The molecule has 6 heteroatoms. The summed E-state index contributed by atoms with van der Waals surface area (Å²) in [5, 5.41) is 9.13. The van der Waals surface area contributed by atoms with Gasteiger partial charge in [-0.25, -0.2) is 0 Å². The molecule has 0 aliphatic carbocycles. The molecule has 0 saturated heterocycles. The number of halogens is 1. The number of hydrogen-bond donors (Lipinski definition) is 0. The van der Waals surface area contributed by atoms with Gasteiger partial charge >= 0.3 is 0 Å². The first-order valence-corrected chi connectivity index (χ1v) is 7.29. The maximum Gasteiger partial charge on any atom is 0.264 e. The fourth-order valence-electron chi connectivity index (χ4n) is 1.63. The number of likely N-dealkylation sites (N-methyl/N-ethyl adjacent to an activating group) is 1. The monoisotopic (exact) mass is 410 g/mol. The quantitative estimate of drug-likeness (QED) is 0.324. The van der Waals surface area contributed by atoms with Crippen LogP contribution in [0.15, 0.2) is 17.7 Å². The molecule has 0 atom stereocenters. The second-order valence-corrected chi connectivity index (χ2v) is 5.56. The maximum atomic E-state index is 11.9. The summed E-state index contributed by atoms with van der Waals surface area (Å²) in [6, 6.07) is 5.38. The van der Waals surface area contributed by atoms with Crippen LogP contribution < -0.4 is 9.47 Å². The lowest BCUT2D eigenvalue weighted by molar-refractivity contribution is -0.124. The average molecular weight is 410 g/mol. The molecule has 0 aromatic heterocycles. The fraction of sp³-hybridized carbons (Fsp3) is 0.250. The lowest BCUT2D eigenvalue weighted by Gasteiger charge is -2.12. The third kappa shape index (κ3) is 4.40. The average Bonchev–Trinajstić information content (AvgIpc) is 2.50. The van der Waals surface area contributed by atoms with Crippen molar-refractivity contribution in [3.63, 3.8) is 0 Å². The van der Waals surface area contributed by atoms with E-state index >= 15 is 0 Å². The molecule has 114 valence electrons. The van der Waals surface area contributed by atoms with Crippen LogP contribution in [0.4, 0.5) is 0 Å². The van der Waals surface area contributed by atoms with Crippen molar-refractivity contribution in [3.8, 4) is 29.9 Å². The molecular formula is C16H15IN2O3. The number of carbonyl (C=O) groups is 1. The van der Waals surface area contributed by atoms with Gasteiger partial charge in [0.2, 0.25) is 0 Å². The van der Waals surface area contributed by atoms with Crippen molar-refractivity contribution in [2.45, 2.75) is 0 Å². The number of benzene rings is 1. The van der Waals surface area contributed by atoms with Crippen LogP contribution in [0.2, 0.25) is 0 Å². The maximum absolute atomic E-state index is 11.9. The van der Waals surface area contributed by atoms with Crippen LogP contribution in [0, 0.1) is 27.2 Å². The minimum Gasteiger partial charge on any atom is -0.493 e. The van der Waals surface area contributed by atoms with Crippen molar-refractivity contribution in [2.75, 3.05) is 27.8 Å². The highest BCUT2D eigenvalue weighted by Gasteiger charge is 2.14. The molecule has 0 fully saturated rings. The van der Waals surface area contributed by atoms with Crippen molar-refractivity contribution in [1.82, 2.24) is 4.90 Å². The molecule has 0 radical (unpaired) electrons. The Bertz CT molecular complexity index is 682. The van der Waals surface area contributed by atoms with Crippen molar-refractivity contribution >= 4 is 34.6 Å². The fourth-order valence-corrected chi connectivity index (χ4v) is 2.41. The second-order valence-electron chi connectivity index (χ2n) is 4.40. The highest BCUT2D eigenvalue weighted by Crippen LogP contribution is 2.34. The number of amides is 1. The largest absolute Gasteiger partial charge is 0.493 e. The third-order valence-electron chi connectivity index (χ3n) is 2.62. The predicted octanol–water partition coefficient (Wildman–Crippen LogP) is 2.31. The molecule has 1 aromatic carbocycles. The molecule has 0 aliphatic rings. The summed E-state index contributed by atoms with van der Waals surface area (Å²) in [4.78, 5) is 13.2. The predicted molar refractivity (Wildman–Crippen MR) is 92.3 cm³/mol. The molecular weight excluding hydrogens is 395 g/mol. The third-order valence-corrected chi connectivity index (χ3v) is 3.42. The van der Waals surface area contributed by atoms with E-state index in [0.717, 1.165) is 3.57 Å². The van der Waals surface area contributed by atoms with E-state index in [1.807, 2.05) is 6.07 Å². The van der Waals surface area contributed by atoms with E-state index in [9.17, 15) is 4.79 Å². The van der Waals surface area contributed by atoms with Crippen LogP contribution in [0.5, 0.6) is 11.5 Å². The number of carbonyl (C=O) groups excluding carboxylic acids is 1. The summed E-state index contributed by atoms with van der Waals surface area (Å²) in [5.41, 5.74) is 0.709. The Hall–Kier alpha value is -2.19. The Morgan fingerprint density at radius 2 is 2.18 bits per heavy atom. The lowest BCUT2D eigenvalue weighted by Crippen LogP contribution is -2.22. The van der Waals surface area contributed by atoms with E-state index < -0.39 is 0 Å². The van der Waals surface area contributed by atoms with Gasteiger partial charge in [0.15, 0.2) is 11.5 Å². The number of hydrogen-bond acceptors (Lipinski definition) is 4. The van der Waals surface area contributed by atoms with Crippen LogP contribution in [-0.2, 0) is 4.79 Å². The zero-order chi connectivity index (χ0) is 16.7. The molecule has 1 aromatic rings. The minimum atomic E-state index is -0.357. The first kappa shape index (κ1) is 17.9. The van der Waals surface area contributed by atoms with Crippen LogP contribution >= 0.6 is 22.6 Å². The highest BCUT2D eigenvalue weighted by atomic mass is 127. The molecule has 0 unspecified atom stereocenters. The normalized spacial score (nSPS) is 10.4. The summed E-state index contributed by atoms with van der Waals surface area (Å²) in [7, 11) is 4.70. The van der Waals surface area contributed by atoms with E-state index in [2.05, 4.69) is 28.5 Å². The molecule has 0 saturated carbocycles. The molecule has 5 nitrogen and oxygen atoms in total. The van der Waals surface area contributed by atoms with Crippen LogP contribution in [-0.4, -0.2) is 38.6 Å². The molecule has 22 heavy (non-hydrogen) atoms. The number of terminal acetylenes is 1. The highest BCUT2D eigenvalue weighted by molar-refractivity contribution is 14.1. The molecule has 0 N–H and O–H groups in total. The van der Waals surface area contributed by atoms with Gasteiger partial charge in [0.05, 0.1) is 10.7 Å². The molecule has 1 rings (SSSR count). The lowest BCUT2D eigenvalue weighted by atomic mass is 10.1. The van der Waals surface area contributed by atoms with Gasteiger partial charge in [0, 0.05) is 14.1 Å². The smallest absolute Gasteiger partial charge is 0.264 e. The van der Waals surface area contributed by atoms with Crippen LogP contribution in [0.25, 0.3) is 6.08 Å². The first-order chi connectivity index (χ1) is 10.4. The van der Waals surface area contributed by atoms with Crippen LogP contribution in [0.3, 0.4) is 0 Å². The number of ether oxygens (including phenoxy) is 2. The summed E-state index contributed by atoms with van der Waals surface area (Å²) in [6.07, 6.45) is 6.70. The van der Waals surface area contributed by atoms with Gasteiger partial charge in [-0.15, -0.1) is 6.42 Å². The Morgan fingerprint density at radius 3 is 2.68 bits per heavy atom. The second kappa shape index (κ2) is 8.30. The van der Waals surface area contributed by atoms with E-state index in [-0.39, 0.29) is 18.1 Å². The SMILES string of the molecule is C#CCOc1c(I)cc(/C=C(/C#N)C(=O)N(C)C)cc1OC. The van der Waals surface area contributed by atoms with E-state index in [4.69, 9.17) is 21.2 Å². The van der Waals surface area contributed by atoms with E-state index in [1.165, 1.54) is 18.1 Å².